The molecule has 2 aliphatic rings. The third-order valence-corrected chi connectivity index (χ3v) is 10.7. The summed E-state index contributed by atoms with van der Waals surface area (Å²) in [5, 5.41) is 4.44. The molecule has 8 aromatic carbocycles. The molecule has 0 fully saturated rings. The number of rotatable bonds is 3. The SMILES string of the molecule is c1ccc(N(c2ccc3oc4ccccc4c3c2)c2c3c(cc4ccccc24)C2(c4ccccc4O3)c3ccccc3-c3ccccc32)cc1. The van der Waals surface area contributed by atoms with Gasteiger partial charge >= 0.3 is 0 Å². The van der Waals surface area contributed by atoms with Gasteiger partial charge in [-0.1, -0.05) is 127 Å². The van der Waals surface area contributed by atoms with Crippen LogP contribution in [0, 0.1) is 0 Å². The van der Waals surface area contributed by atoms with E-state index in [0.717, 1.165) is 72.4 Å². The van der Waals surface area contributed by atoms with Crippen molar-refractivity contribution in [2.45, 2.75) is 5.41 Å². The second-order valence-corrected chi connectivity index (χ2v) is 13.2. The van der Waals surface area contributed by atoms with Crippen LogP contribution in [0.5, 0.6) is 11.5 Å². The van der Waals surface area contributed by atoms with E-state index in [1.165, 1.54) is 22.3 Å². The van der Waals surface area contributed by atoms with Crippen LogP contribution in [0.2, 0.25) is 0 Å². The van der Waals surface area contributed by atoms with Crippen LogP contribution in [0.3, 0.4) is 0 Å². The molecule has 0 amide bonds. The summed E-state index contributed by atoms with van der Waals surface area (Å²) in [6, 6.07) is 62.9. The van der Waals surface area contributed by atoms with Gasteiger partial charge in [-0.2, -0.15) is 0 Å². The monoisotopic (exact) mass is 639 g/mol. The third kappa shape index (κ3) is 3.58. The average Bonchev–Trinajstić information content (AvgIpc) is 3.69. The molecule has 0 atom stereocenters. The Morgan fingerprint density at radius 1 is 0.420 bits per heavy atom. The molecule has 9 aromatic rings. The van der Waals surface area contributed by atoms with Crippen molar-refractivity contribution in [2.75, 3.05) is 4.90 Å². The number of hydrogen-bond donors (Lipinski definition) is 0. The van der Waals surface area contributed by atoms with Crippen LogP contribution >= 0.6 is 0 Å². The summed E-state index contributed by atoms with van der Waals surface area (Å²) >= 11 is 0. The highest BCUT2D eigenvalue weighted by atomic mass is 16.5. The molecule has 0 bridgehead atoms. The minimum absolute atomic E-state index is 0.580. The molecule has 1 aliphatic carbocycles. The molecule has 1 aliphatic heterocycles. The lowest BCUT2D eigenvalue weighted by Crippen LogP contribution is -2.32. The van der Waals surface area contributed by atoms with E-state index < -0.39 is 5.41 Å². The number of nitrogens with zero attached hydrogens (tertiary/aromatic N) is 1. The lowest BCUT2D eigenvalue weighted by Gasteiger charge is -2.41. The van der Waals surface area contributed by atoms with E-state index in [9.17, 15) is 0 Å². The van der Waals surface area contributed by atoms with Crippen molar-refractivity contribution in [3.05, 3.63) is 198 Å². The average molecular weight is 640 g/mol. The summed E-state index contributed by atoms with van der Waals surface area (Å²) in [5.74, 6) is 1.72. The van der Waals surface area contributed by atoms with Crippen molar-refractivity contribution < 1.29 is 9.15 Å². The Morgan fingerprint density at radius 2 is 1.04 bits per heavy atom. The number of anilines is 3. The van der Waals surface area contributed by atoms with Crippen LogP contribution in [0.25, 0.3) is 43.8 Å². The van der Waals surface area contributed by atoms with Gasteiger partial charge in [-0.15, -0.1) is 0 Å². The van der Waals surface area contributed by atoms with Gasteiger partial charge in [0.1, 0.15) is 16.9 Å². The van der Waals surface area contributed by atoms with E-state index in [1.54, 1.807) is 0 Å². The van der Waals surface area contributed by atoms with Gasteiger partial charge in [0, 0.05) is 38.7 Å². The summed E-state index contributed by atoms with van der Waals surface area (Å²) in [6.45, 7) is 0. The Labute approximate surface area is 289 Å². The van der Waals surface area contributed by atoms with E-state index in [4.69, 9.17) is 9.15 Å². The van der Waals surface area contributed by atoms with Gasteiger partial charge < -0.3 is 14.1 Å². The first kappa shape index (κ1) is 27.4. The number of benzene rings is 8. The zero-order valence-corrected chi connectivity index (χ0v) is 27.0. The zero-order valence-electron chi connectivity index (χ0n) is 27.0. The van der Waals surface area contributed by atoms with Crippen molar-refractivity contribution in [2.24, 2.45) is 0 Å². The molecule has 3 nitrogen and oxygen atoms in total. The van der Waals surface area contributed by atoms with Gasteiger partial charge in [0.15, 0.2) is 5.75 Å². The summed E-state index contributed by atoms with van der Waals surface area (Å²) in [7, 11) is 0. The van der Waals surface area contributed by atoms with E-state index in [0.29, 0.717) is 0 Å². The maximum Gasteiger partial charge on any atom is 0.156 e. The fourth-order valence-corrected chi connectivity index (χ4v) is 8.69. The first-order chi connectivity index (χ1) is 24.8. The minimum atomic E-state index is -0.580. The van der Waals surface area contributed by atoms with Gasteiger partial charge in [0.25, 0.3) is 0 Å². The van der Waals surface area contributed by atoms with Crippen LogP contribution in [0.1, 0.15) is 22.3 Å². The highest BCUT2D eigenvalue weighted by molar-refractivity contribution is 6.09. The van der Waals surface area contributed by atoms with Gasteiger partial charge in [-0.3, -0.25) is 0 Å². The summed E-state index contributed by atoms with van der Waals surface area (Å²) in [6.07, 6.45) is 0. The summed E-state index contributed by atoms with van der Waals surface area (Å²) in [4.78, 5) is 2.37. The molecule has 0 saturated carbocycles. The fourth-order valence-electron chi connectivity index (χ4n) is 8.69. The minimum Gasteiger partial charge on any atom is -0.456 e. The molecule has 1 aromatic heterocycles. The molecule has 1 spiro atoms. The van der Waals surface area contributed by atoms with Crippen LogP contribution < -0.4 is 9.64 Å². The molecular formula is C47H29NO2. The van der Waals surface area contributed by atoms with E-state index in [-0.39, 0.29) is 0 Å². The van der Waals surface area contributed by atoms with Gasteiger partial charge in [-0.05, 0) is 76.2 Å². The lowest BCUT2D eigenvalue weighted by atomic mass is 9.65. The molecular weight excluding hydrogens is 611 g/mol. The van der Waals surface area contributed by atoms with Crippen LogP contribution in [-0.2, 0) is 5.41 Å². The second-order valence-electron chi connectivity index (χ2n) is 13.2. The van der Waals surface area contributed by atoms with Gasteiger partial charge in [0.05, 0.1) is 11.1 Å². The first-order valence-corrected chi connectivity index (χ1v) is 17.1. The summed E-state index contributed by atoms with van der Waals surface area (Å²) < 4.78 is 13.5. The predicted octanol–water partition coefficient (Wildman–Crippen LogP) is 12.7. The molecule has 0 saturated heterocycles. The Balaban J connectivity index is 1.30. The van der Waals surface area contributed by atoms with E-state index in [2.05, 4.69) is 169 Å². The lowest BCUT2D eigenvalue weighted by molar-refractivity contribution is 0.438. The number of furan rings is 1. The molecule has 0 radical (unpaired) electrons. The van der Waals surface area contributed by atoms with Crippen LogP contribution in [-0.4, -0.2) is 0 Å². The fraction of sp³-hybridized carbons (Fsp3) is 0.0213. The zero-order chi connectivity index (χ0) is 32.8. The number of hydrogen-bond acceptors (Lipinski definition) is 3. The van der Waals surface area contributed by atoms with Gasteiger partial charge in [0.2, 0.25) is 0 Å². The molecule has 234 valence electrons. The van der Waals surface area contributed by atoms with Crippen molar-refractivity contribution >= 4 is 49.8 Å². The Morgan fingerprint density at radius 3 is 1.84 bits per heavy atom. The Hall–Kier alpha value is -6.58. The maximum absolute atomic E-state index is 7.24. The van der Waals surface area contributed by atoms with E-state index >= 15 is 0 Å². The third-order valence-electron chi connectivity index (χ3n) is 10.7. The second kappa shape index (κ2) is 10.2. The summed E-state index contributed by atoms with van der Waals surface area (Å²) in [5.41, 5.74) is 11.6. The maximum atomic E-state index is 7.24. The van der Waals surface area contributed by atoms with Crippen LogP contribution in [0.4, 0.5) is 17.1 Å². The molecule has 0 unspecified atom stereocenters. The molecule has 3 heteroatoms. The molecule has 0 N–H and O–H groups in total. The Bertz CT molecular complexity index is 2770. The van der Waals surface area contributed by atoms with Crippen molar-refractivity contribution in [1.82, 2.24) is 0 Å². The van der Waals surface area contributed by atoms with Crippen LogP contribution in [0.15, 0.2) is 180 Å². The largest absolute Gasteiger partial charge is 0.456 e. The smallest absolute Gasteiger partial charge is 0.156 e. The topological polar surface area (TPSA) is 25.6 Å². The Kier molecular flexibility index (Phi) is 5.59. The normalized spacial score (nSPS) is 13.5. The standard InChI is InChI=1S/C47H29NO2/c1-2-15-31(16-3-1)48(32-26-27-43-37(29-32)36-20-8-12-24-42(36)49-43)45-33-17-5-4-14-30(33)28-41-46(45)50-44-25-13-11-23-40(44)47(41)38-21-9-6-18-34(38)35-19-7-10-22-39(35)47/h1-29H. The predicted molar refractivity (Wildman–Crippen MR) is 203 cm³/mol. The van der Waals surface area contributed by atoms with Crippen molar-refractivity contribution in [3.8, 4) is 22.6 Å². The number of ether oxygens (including phenoxy) is 1. The van der Waals surface area contributed by atoms with Crippen molar-refractivity contribution in [1.29, 1.82) is 0 Å². The highest BCUT2D eigenvalue weighted by Gasteiger charge is 2.52. The molecule has 50 heavy (non-hydrogen) atoms. The van der Waals surface area contributed by atoms with E-state index in [1.807, 2.05) is 12.1 Å². The first-order valence-electron chi connectivity index (χ1n) is 17.1. The highest BCUT2D eigenvalue weighted by Crippen LogP contribution is 2.64. The molecule has 2 heterocycles. The quantitative estimate of drug-likeness (QED) is 0.192. The van der Waals surface area contributed by atoms with Gasteiger partial charge in [-0.25, -0.2) is 0 Å². The van der Waals surface area contributed by atoms with Crippen molar-refractivity contribution in [3.63, 3.8) is 0 Å². The number of fused-ring (bicyclic) bond motifs is 13. The number of para-hydroxylation sites is 3. The molecule has 11 rings (SSSR count).